The van der Waals surface area contributed by atoms with Crippen LogP contribution in [0.3, 0.4) is 0 Å². The maximum atomic E-state index is 13.0. The molecule has 136 valence electrons. The second kappa shape index (κ2) is 8.01. The predicted molar refractivity (Wildman–Crippen MR) is 95.3 cm³/mol. The molecule has 1 aliphatic rings. The molecule has 6 nitrogen and oxygen atoms in total. The van der Waals surface area contributed by atoms with Crippen LogP contribution in [0.5, 0.6) is 5.75 Å². The topological polar surface area (TPSA) is 76.1 Å². The molecular weight excluding hydrogens is 334 g/mol. The summed E-state index contributed by atoms with van der Waals surface area (Å²) in [6.07, 6.45) is 0.307. The van der Waals surface area contributed by atoms with E-state index in [4.69, 9.17) is 9.47 Å². The van der Waals surface area contributed by atoms with E-state index in [0.29, 0.717) is 30.9 Å². The van der Waals surface area contributed by atoms with E-state index in [1.54, 1.807) is 31.4 Å². The third-order valence-corrected chi connectivity index (χ3v) is 4.43. The molecule has 2 aromatic carbocycles. The van der Waals surface area contributed by atoms with Gasteiger partial charge >= 0.3 is 5.97 Å². The van der Waals surface area contributed by atoms with Crippen LogP contribution in [-0.2, 0) is 22.5 Å². The lowest BCUT2D eigenvalue weighted by Crippen LogP contribution is -2.48. The summed E-state index contributed by atoms with van der Waals surface area (Å²) in [5, 5.41) is 9.60. The SMILES string of the molecule is COCCOc1cccc(C(=O)N2Cc3ccccc3CC2C(=O)O)c1. The second-order valence-electron chi connectivity index (χ2n) is 6.13. The molecule has 0 bridgehead atoms. The van der Waals surface area contributed by atoms with Crippen LogP contribution in [0.25, 0.3) is 0 Å². The number of aliphatic carboxylic acids is 1. The number of hydrogen-bond acceptors (Lipinski definition) is 4. The highest BCUT2D eigenvalue weighted by Gasteiger charge is 2.34. The molecule has 0 saturated carbocycles. The Bertz CT molecular complexity index is 804. The highest BCUT2D eigenvalue weighted by atomic mass is 16.5. The maximum absolute atomic E-state index is 13.0. The number of methoxy groups -OCH3 is 1. The van der Waals surface area contributed by atoms with Crippen molar-refractivity contribution in [1.82, 2.24) is 4.90 Å². The van der Waals surface area contributed by atoms with Gasteiger partial charge in [0.25, 0.3) is 5.91 Å². The monoisotopic (exact) mass is 355 g/mol. The molecule has 0 radical (unpaired) electrons. The normalized spacial score (nSPS) is 16.0. The molecule has 0 aliphatic carbocycles. The van der Waals surface area contributed by atoms with Gasteiger partial charge < -0.3 is 19.5 Å². The molecule has 2 aromatic rings. The number of fused-ring (bicyclic) bond motifs is 1. The van der Waals surface area contributed by atoms with Gasteiger partial charge in [-0.25, -0.2) is 4.79 Å². The zero-order chi connectivity index (χ0) is 18.5. The van der Waals surface area contributed by atoms with Gasteiger partial charge in [-0.15, -0.1) is 0 Å². The smallest absolute Gasteiger partial charge is 0.326 e. The second-order valence-corrected chi connectivity index (χ2v) is 6.13. The molecule has 1 N–H and O–H groups in total. The number of hydrogen-bond donors (Lipinski definition) is 1. The summed E-state index contributed by atoms with van der Waals surface area (Å²) >= 11 is 0. The number of carboxylic acids is 1. The van der Waals surface area contributed by atoms with Crippen LogP contribution in [0.4, 0.5) is 0 Å². The first-order chi connectivity index (χ1) is 12.6. The Labute approximate surface area is 152 Å². The molecule has 6 heteroatoms. The van der Waals surface area contributed by atoms with Gasteiger partial charge in [-0.2, -0.15) is 0 Å². The average Bonchev–Trinajstić information content (AvgIpc) is 2.66. The fourth-order valence-electron chi connectivity index (χ4n) is 3.08. The Balaban J connectivity index is 1.83. The van der Waals surface area contributed by atoms with Gasteiger partial charge in [-0.1, -0.05) is 30.3 Å². The molecular formula is C20H21NO5. The number of carbonyl (C=O) groups excluding carboxylic acids is 1. The minimum absolute atomic E-state index is 0.279. The van der Waals surface area contributed by atoms with E-state index in [9.17, 15) is 14.7 Å². The van der Waals surface area contributed by atoms with Gasteiger partial charge in [0.15, 0.2) is 0 Å². The van der Waals surface area contributed by atoms with Crippen molar-refractivity contribution in [3.63, 3.8) is 0 Å². The lowest BCUT2D eigenvalue weighted by Gasteiger charge is -2.34. The van der Waals surface area contributed by atoms with Crippen LogP contribution >= 0.6 is 0 Å². The minimum atomic E-state index is -1.000. The number of rotatable bonds is 6. The summed E-state index contributed by atoms with van der Waals surface area (Å²) in [5.41, 5.74) is 2.36. The molecule has 0 aromatic heterocycles. The number of carboxylic acid groups (broad SMARTS) is 1. The summed E-state index contributed by atoms with van der Waals surface area (Å²) in [7, 11) is 1.59. The summed E-state index contributed by atoms with van der Waals surface area (Å²) in [6.45, 7) is 1.10. The number of benzene rings is 2. The fraction of sp³-hybridized carbons (Fsp3) is 0.300. The number of carbonyl (C=O) groups is 2. The standard InChI is InChI=1S/C20H21NO5/c1-25-9-10-26-17-8-4-7-15(11-17)19(22)21-13-16-6-3-2-5-14(16)12-18(21)20(23)24/h2-8,11,18H,9-10,12-13H2,1H3,(H,23,24). The zero-order valence-corrected chi connectivity index (χ0v) is 14.6. The highest BCUT2D eigenvalue weighted by molar-refractivity contribution is 5.97. The van der Waals surface area contributed by atoms with Crippen molar-refractivity contribution in [3.05, 3.63) is 65.2 Å². The number of ether oxygens (including phenoxy) is 2. The predicted octanol–water partition coefficient (Wildman–Crippen LogP) is 2.36. The van der Waals surface area contributed by atoms with E-state index in [1.807, 2.05) is 24.3 Å². The quantitative estimate of drug-likeness (QED) is 0.805. The van der Waals surface area contributed by atoms with Crippen molar-refractivity contribution in [2.75, 3.05) is 20.3 Å². The fourth-order valence-corrected chi connectivity index (χ4v) is 3.08. The van der Waals surface area contributed by atoms with Crippen LogP contribution in [0.1, 0.15) is 21.5 Å². The summed E-state index contributed by atoms with van der Waals surface area (Å²) in [4.78, 5) is 26.1. The van der Waals surface area contributed by atoms with Crippen molar-refractivity contribution in [2.45, 2.75) is 19.0 Å². The molecule has 1 aliphatic heterocycles. The Morgan fingerprint density at radius 2 is 1.88 bits per heavy atom. The van der Waals surface area contributed by atoms with Gasteiger partial charge in [0.05, 0.1) is 6.61 Å². The molecule has 0 spiro atoms. The van der Waals surface area contributed by atoms with Gasteiger partial charge in [0.2, 0.25) is 0 Å². The van der Waals surface area contributed by atoms with E-state index in [1.165, 1.54) is 4.90 Å². The van der Waals surface area contributed by atoms with E-state index in [2.05, 4.69) is 0 Å². The summed E-state index contributed by atoms with van der Waals surface area (Å²) in [6, 6.07) is 13.5. The van der Waals surface area contributed by atoms with Crippen molar-refractivity contribution in [2.24, 2.45) is 0 Å². The first-order valence-electron chi connectivity index (χ1n) is 8.42. The largest absolute Gasteiger partial charge is 0.491 e. The molecule has 0 fully saturated rings. The Morgan fingerprint density at radius 1 is 1.12 bits per heavy atom. The van der Waals surface area contributed by atoms with Gasteiger partial charge in [0.1, 0.15) is 18.4 Å². The molecule has 1 unspecified atom stereocenters. The molecule has 1 amide bonds. The first kappa shape index (κ1) is 17.9. The zero-order valence-electron chi connectivity index (χ0n) is 14.6. The van der Waals surface area contributed by atoms with E-state index in [0.717, 1.165) is 11.1 Å². The van der Waals surface area contributed by atoms with Crippen molar-refractivity contribution in [3.8, 4) is 5.75 Å². The van der Waals surface area contributed by atoms with Crippen molar-refractivity contribution < 1.29 is 24.2 Å². The third kappa shape index (κ3) is 3.86. The van der Waals surface area contributed by atoms with Gasteiger partial charge in [0, 0.05) is 25.6 Å². The maximum Gasteiger partial charge on any atom is 0.326 e. The number of nitrogens with zero attached hydrogens (tertiary/aromatic N) is 1. The summed E-state index contributed by atoms with van der Waals surface area (Å²) in [5.74, 6) is -0.762. The first-order valence-corrected chi connectivity index (χ1v) is 8.42. The number of amides is 1. The Hall–Kier alpha value is -2.86. The van der Waals surface area contributed by atoms with Crippen LogP contribution in [0.2, 0.25) is 0 Å². The Kier molecular flexibility index (Phi) is 5.53. The van der Waals surface area contributed by atoms with Crippen LogP contribution in [0.15, 0.2) is 48.5 Å². The molecule has 26 heavy (non-hydrogen) atoms. The van der Waals surface area contributed by atoms with Crippen LogP contribution in [0, 0.1) is 0 Å². The highest BCUT2D eigenvalue weighted by Crippen LogP contribution is 2.26. The van der Waals surface area contributed by atoms with Crippen LogP contribution < -0.4 is 4.74 Å². The van der Waals surface area contributed by atoms with E-state index in [-0.39, 0.29) is 12.5 Å². The van der Waals surface area contributed by atoms with Gasteiger partial charge in [-0.05, 0) is 29.3 Å². The average molecular weight is 355 g/mol. The van der Waals surface area contributed by atoms with E-state index >= 15 is 0 Å². The van der Waals surface area contributed by atoms with Crippen molar-refractivity contribution >= 4 is 11.9 Å². The molecule has 0 saturated heterocycles. The lowest BCUT2D eigenvalue weighted by atomic mass is 9.93. The minimum Gasteiger partial charge on any atom is -0.491 e. The Morgan fingerprint density at radius 3 is 2.62 bits per heavy atom. The molecule has 1 atom stereocenters. The molecule has 1 heterocycles. The van der Waals surface area contributed by atoms with Crippen molar-refractivity contribution in [1.29, 1.82) is 0 Å². The summed E-state index contributed by atoms with van der Waals surface area (Å²) < 4.78 is 10.5. The van der Waals surface area contributed by atoms with Gasteiger partial charge in [-0.3, -0.25) is 4.79 Å². The third-order valence-electron chi connectivity index (χ3n) is 4.43. The van der Waals surface area contributed by atoms with E-state index < -0.39 is 12.0 Å². The molecule has 3 rings (SSSR count). The lowest BCUT2D eigenvalue weighted by molar-refractivity contribution is -0.142. The van der Waals surface area contributed by atoms with Crippen LogP contribution in [-0.4, -0.2) is 48.2 Å².